The van der Waals surface area contributed by atoms with E-state index in [1.54, 1.807) is 17.5 Å². The second-order valence-electron chi connectivity index (χ2n) is 9.09. The molecule has 0 aliphatic carbocycles. The summed E-state index contributed by atoms with van der Waals surface area (Å²) in [6, 6.07) is 26.5. The number of hydrogen-bond donors (Lipinski definition) is 1. The molecule has 0 saturated heterocycles. The molecule has 0 radical (unpaired) electrons. The number of hydrogen-bond acceptors (Lipinski definition) is 7. The third-order valence-corrected chi connectivity index (χ3v) is 7.56. The minimum atomic E-state index is -0.105. The number of rotatable bonds is 3. The van der Waals surface area contributed by atoms with E-state index in [4.69, 9.17) is 15.1 Å². The van der Waals surface area contributed by atoms with Crippen LogP contribution in [0.4, 0.5) is 22.9 Å². The molecule has 7 nitrogen and oxygen atoms in total. The molecule has 0 bridgehead atoms. The molecule has 0 saturated carbocycles. The Morgan fingerprint density at radius 1 is 0.865 bits per heavy atom. The van der Waals surface area contributed by atoms with Crippen molar-refractivity contribution in [3.05, 3.63) is 112 Å². The molecule has 0 spiro atoms. The van der Waals surface area contributed by atoms with Gasteiger partial charge in [-0.1, -0.05) is 42.0 Å². The highest BCUT2D eigenvalue weighted by atomic mass is 32.1. The van der Waals surface area contributed by atoms with Gasteiger partial charge in [0.25, 0.3) is 0 Å². The number of anilines is 2. The Bertz CT molecular complexity index is 1670. The lowest BCUT2D eigenvalue weighted by Crippen LogP contribution is -2.46. The fourth-order valence-electron chi connectivity index (χ4n) is 4.93. The number of para-hydroxylation sites is 2. The summed E-state index contributed by atoms with van der Waals surface area (Å²) in [5.41, 5.74) is 6.08. The van der Waals surface area contributed by atoms with Crippen LogP contribution < -0.4 is 10.2 Å². The molecular formula is C29H23N7S. The average molecular weight is 502 g/mol. The van der Waals surface area contributed by atoms with E-state index >= 15 is 0 Å². The zero-order valence-corrected chi connectivity index (χ0v) is 21.1. The number of amidine groups is 2. The third kappa shape index (κ3) is 3.56. The second kappa shape index (κ2) is 8.53. The molecular weight excluding hydrogens is 478 g/mol. The molecule has 8 heteroatoms. The Morgan fingerprint density at radius 3 is 2.49 bits per heavy atom. The van der Waals surface area contributed by atoms with Gasteiger partial charge in [0, 0.05) is 22.3 Å². The molecule has 0 amide bonds. The fourth-order valence-corrected chi connectivity index (χ4v) is 5.75. The topological polar surface area (TPSA) is 70.7 Å². The third-order valence-electron chi connectivity index (χ3n) is 6.63. The molecule has 1 N–H and O–H groups in total. The summed E-state index contributed by atoms with van der Waals surface area (Å²) in [7, 11) is 0. The summed E-state index contributed by atoms with van der Waals surface area (Å²) >= 11 is 1.73. The maximum atomic E-state index is 5.23. The fraction of sp³-hybridized carbons (Fsp3) is 0.103. The van der Waals surface area contributed by atoms with Gasteiger partial charge in [-0.3, -0.25) is 0 Å². The summed E-state index contributed by atoms with van der Waals surface area (Å²) in [5, 5.41) is 10.6. The Kier molecular flexibility index (Phi) is 5.00. The first-order chi connectivity index (χ1) is 18.2. The van der Waals surface area contributed by atoms with Crippen molar-refractivity contribution in [1.82, 2.24) is 14.8 Å². The number of aromatic nitrogens is 3. The van der Waals surface area contributed by atoms with Crippen LogP contribution in [-0.4, -0.2) is 26.4 Å². The smallest absolute Gasteiger partial charge is 0.179 e. The van der Waals surface area contributed by atoms with Crippen molar-refractivity contribution < 1.29 is 0 Å². The van der Waals surface area contributed by atoms with Gasteiger partial charge in [-0.2, -0.15) is 9.78 Å². The van der Waals surface area contributed by atoms with Gasteiger partial charge in [0.2, 0.25) is 0 Å². The molecule has 0 fully saturated rings. The van der Waals surface area contributed by atoms with Crippen molar-refractivity contribution in [1.29, 1.82) is 0 Å². The number of pyridine rings is 1. The monoisotopic (exact) mass is 501 g/mol. The SMILES string of the molecule is Cc1ccc(NC2=Nc3ccccc3N3C2=Nc2c(c(C)nn2-c2ccccn2)[C@@H]3c2cccs2)cc1. The summed E-state index contributed by atoms with van der Waals surface area (Å²) in [4.78, 5) is 18.3. The first-order valence-electron chi connectivity index (χ1n) is 12.1. The van der Waals surface area contributed by atoms with E-state index in [1.807, 2.05) is 35.0 Å². The molecule has 2 aliphatic rings. The number of aliphatic imine (C=N–C) groups is 2. The van der Waals surface area contributed by atoms with Crippen molar-refractivity contribution in [3.63, 3.8) is 0 Å². The van der Waals surface area contributed by atoms with Crippen molar-refractivity contribution in [2.24, 2.45) is 9.98 Å². The summed E-state index contributed by atoms with van der Waals surface area (Å²) in [5.74, 6) is 2.96. The summed E-state index contributed by atoms with van der Waals surface area (Å²) < 4.78 is 1.85. The van der Waals surface area contributed by atoms with E-state index in [0.29, 0.717) is 5.84 Å². The minimum absolute atomic E-state index is 0.105. The molecule has 3 aromatic heterocycles. The second-order valence-corrected chi connectivity index (χ2v) is 10.1. The molecule has 1 atom stereocenters. The van der Waals surface area contributed by atoms with Crippen molar-refractivity contribution in [2.45, 2.75) is 19.9 Å². The molecule has 180 valence electrons. The summed E-state index contributed by atoms with van der Waals surface area (Å²) in [6.45, 7) is 4.13. The molecule has 5 heterocycles. The lowest BCUT2D eigenvalue weighted by molar-refractivity contribution is 0.820. The zero-order valence-electron chi connectivity index (χ0n) is 20.3. The van der Waals surface area contributed by atoms with Crippen LogP contribution in [0.15, 0.2) is 100 Å². The lowest BCUT2D eigenvalue weighted by atomic mass is 9.98. The Balaban J connectivity index is 1.49. The van der Waals surface area contributed by atoms with Gasteiger partial charge in [0.05, 0.1) is 17.1 Å². The van der Waals surface area contributed by atoms with Crippen LogP contribution in [0.25, 0.3) is 5.82 Å². The molecule has 0 unspecified atom stereocenters. The zero-order chi connectivity index (χ0) is 24.9. The van der Waals surface area contributed by atoms with E-state index in [-0.39, 0.29) is 6.04 Å². The maximum Gasteiger partial charge on any atom is 0.179 e. The highest BCUT2D eigenvalue weighted by Gasteiger charge is 2.41. The van der Waals surface area contributed by atoms with E-state index in [2.05, 4.69) is 83.0 Å². The van der Waals surface area contributed by atoms with Gasteiger partial charge in [-0.05, 0) is 61.7 Å². The van der Waals surface area contributed by atoms with Gasteiger partial charge in [0.15, 0.2) is 23.3 Å². The van der Waals surface area contributed by atoms with Crippen LogP contribution in [0.1, 0.15) is 27.7 Å². The number of thiophene rings is 1. The van der Waals surface area contributed by atoms with Gasteiger partial charge in [0.1, 0.15) is 6.04 Å². The molecule has 7 rings (SSSR count). The van der Waals surface area contributed by atoms with Crippen molar-refractivity contribution in [2.75, 3.05) is 10.2 Å². The van der Waals surface area contributed by atoms with Gasteiger partial charge >= 0.3 is 0 Å². The highest BCUT2D eigenvalue weighted by Crippen LogP contribution is 2.48. The highest BCUT2D eigenvalue weighted by molar-refractivity contribution is 7.10. The number of aryl methyl sites for hydroxylation is 2. The van der Waals surface area contributed by atoms with E-state index < -0.39 is 0 Å². The Hall–Kier alpha value is -4.56. The number of fused-ring (bicyclic) bond motifs is 4. The first-order valence-corrected chi connectivity index (χ1v) is 13.0. The number of nitrogens with one attached hydrogen (secondary N) is 1. The van der Waals surface area contributed by atoms with Crippen molar-refractivity contribution in [3.8, 4) is 5.82 Å². The predicted octanol–water partition coefficient (Wildman–Crippen LogP) is 6.74. The Labute approximate surface area is 218 Å². The van der Waals surface area contributed by atoms with E-state index in [9.17, 15) is 0 Å². The van der Waals surface area contributed by atoms with Crippen LogP contribution in [-0.2, 0) is 0 Å². The first kappa shape index (κ1) is 21.7. The Morgan fingerprint density at radius 2 is 1.70 bits per heavy atom. The van der Waals surface area contributed by atoms with Crippen LogP contribution in [0.3, 0.4) is 0 Å². The number of benzene rings is 2. The largest absolute Gasteiger partial charge is 0.337 e. The number of nitrogens with zero attached hydrogens (tertiary/aromatic N) is 6. The van der Waals surface area contributed by atoms with Gasteiger partial charge in [-0.15, -0.1) is 11.3 Å². The van der Waals surface area contributed by atoms with Crippen molar-refractivity contribution >= 4 is 45.9 Å². The van der Waals surface area contributed by atoms with Gasteiger partial charge < -0.3 is 10.2 Å². The standard InChI is InChI=1S/C29H23N7S/c1-18-12-14-20(15-13-18)31-27-29-33-28-25(19(2)34-36(28)24-11-5-6-16-30-24)26(23-10-7-17-37-23)35(29)22-9-4-3-8-21(22)32-27/h3-17,26H,1-2H3,(H,31,32)/t26-/m0/s1. The quantitative estimate of drug-likeness (QED) is 0.297. The van der Waals surface area contributed by atoms with E-state index in [1.165, 1.54) is 10.4 Å². The lowest BCUT2D eigenvalue weighted by Gasteiger charge is -2.40. The maximum absolute atomic E-state index is 5.23. The molecule has 2 aliphatic heterocycles. The average Bonchev–Trinajstić information content (AvgIpc) is 3.58. The summed E-state index contributed by atoms with van der Waals surface area (Å²) in [6.07, 6.45) is 1.78. The molecule has 37 heavy (non-hydrogen) atoms. The van der Waals surface area contributed by atoms with Crippen LogP contribution in [0.2, 0.25) is 0 Å². The molecule has 5 aromatic rings. The van der Waals surface area contributed by atoms with E-state index in [0.717, 1.165) is 45.8 Å². The predicted molar refractivity (Wildman–Crippen MR) is 150 cm³/mol. The van der Waals surface area contributed by atoms with Crippen LogP contribution >= 0.6 is 11.3 Å². The van der Waals surface area contributed by atoms with Gasteiger partial charge in [-0.25, -0.2) is 15.0 Å². The normalized spacial score (nSPS) is 15.8. The molecule has 2 aromatic carbocycles. The minimum Gasteiger partial charge on any atom is -0.337 e. The van der Waals surface area contributed by atoms with Crippen LogP contribution in [0, 0.1) is 13.8 Å². The van der Waals surface area contributed by atoms with Crippen LogP contribution in [0.5, 0.6) is 0 Å².